The number of thiocarbonyl (C=S) groups is 1. The normalized spacial score (nSPS) is 10.8. The Morgan fingerprint density at radius 1 is 1.20 bits per heavy atom. The van der Waals surface area contributed by atoms with Crippen LogP contribution >= 0.6 is 12.2 Å². The number of nitrogens with two attached hydrogens (primary N) is 1. The zero-order chi connectivity index (χ0) is 14.1. The molecule has 0 radical (unpaired) electrons. The van der Waals surface area contributed by atoms with E-state index in [1.165, 1.54) is 9.08 Å². The van der Waals surface area contributed by atoms with Crippen LogP contribution in [0.5, 0.6) is 0 Å². The summed E-state index contributed by atoms with van der Waals surface area (Å²) in [5, 5.41) is 4.29. The van der Waals surface area contributed by atoms with Gasteiger partial charge in [-0.2, -0.15) is 0 Å². The summed E-state index contributed by atoms with van der Waals surface area (Å²) in [5.74, 6) is 0. The molecular weight excluding hydrogens is 272 g/mol. The van der Waals surface area contributed by atoms with Gasteiger partial charge in [-0.05, 0) is 17.7 Å². The molecule has 0 fully saturated rings. The van der Waals surface area contributed by atoms with E-state index in [-0.39, 0.29) is 5.69 Å². The molecule has 0 atom stereocenters. The van der Waals surface area contributed by atoms with E-state index in [2.05, 4.69) is 5.10 Å². The zero-order valence-electron chi connectivity index (χ0n) is 10.6. The molecular formula is C14H12N4OS. The van der Waals surface area contributed by atoms with Crippen molar-refractivity contribution in [2.24, 2.45) is 5.73 Å². The molecule has 20 heavy (non-hydrogen) atoms. The second-order valence-corrected chi connectivity index (χ2v) is 4.83. The van der Waals surface area contributed by atoms with Gasteiger partial charge < -0.3 is 5.73 Å². The maximum atomic E-state index is 12.2. The molecule has 0 saturated heterocycles. The van der Waals surface area contributed by atoms with Crippen molar-refractivity contribution in [2.45, 2.75) is 6.54 Å². The first-order valence-corrected chi connectivity index (χ1v) is 6.49. The lowest BCUT2D eigenvalue weighted by atomic mass is 10.1. The monoisotopic (exact) mass is 284 g/mol. The van der Waals surface area contributed by atoms with Crippen LogP contribution in [0.25, 0.3) is 5.65 Å². The molecule has 0 spiro atoms. The van der Waals surface area contributed by atoms with E-state index in [4.69, 9.17) is 18.0 Å². The van der Waals surface area contributed by atoms with Gasteiger partial charge in [-0.3, -0.25) is 4.40 Å². The Labute approximate surface area is 120 Å². The Morgan fingerprint density at radius 3 is 2.70 bits per heavy atom. The average molecular weight is 284 g/mol. The maximum absolute atomic E-state index is 12.2. The summed E-state index contributed by atoms with van der Waals surface area (Å²) in [6.45, 7) is 0.341. The van der Waals surface area contributed by atoms with Crippen LogP contribution in [-0.4, -0.2) is 19.2 Å². The third-order valence-electron chi connectivity index (χ3n) is 3.09. The van der Waals surface area contributed by atoms with E-state index < -0.39 is 0 Å². The van der Waals surface area contributed by atoms with Crippen molar-refractivity contribution in [2.75, 3.05) is 0 Å². The highest BCUT2D eigenvalue weighted by atomic mass is 32.1. The molecule has 0 amide bonds. The van der Waals surface area contributed by atoms with E-state index in [0.29, 0.717) is 17.2 Å². The minimum Gasteiger partial charge on any atom is -0.389 e. The maximum Gasteiger partial charge on any atom is 0.350 e. The first kappa shape index (κ1) is 12.6. The lowest BCUT2D eigenvalue weighted by Gasteiger charge is -2.06. The fourth-order valence-electron chi connectivity index (χ4n) is 2.13. The molecule has 3 aromatic rings. The van der Waals surface area contributed by atoms with Crippen molar-refractivity contribution in [3.8, 4) is 0 Å². The lowest BCUT2D eigenvalue weighted by molar-refractivity contribution is 0.658. The van der Waals surface area contributed by atoms with E-state index in [9.17, 15) is 4.79 Å². The number of hydrogen-bond acceptors (Lipinski definition) is 3. The quantitative estimate of drug-likeness (QED) is 0.733. The van der Waals surface area contributed by atoms with Crippen LogP contribution in [0.4, 0.5) is 0 Å². The molecule has 0 aliphatic heterocycles. The second-order valence-electron chi connectivity index (χ2n) is 4.39. The number of pyridine rings is 1. The van der Waals surface area contributed by atoms with Crippen molar-refractivity contribution >= 4 is 22.9 Å². The summed E-state index contributed by atoms with van der Waals surface area (Å²) in [6.07, 6.45) is 1.70. The summed E-state index contributed by atoms with van der Waals surface area (Å²) >= 11 is 5.03. The Kier molecular flexibility index (Phi) is 3.08. The number of hydrogen-bond donors (Lipinski definition) is 1. The highest BCUT2D eigenvalue weighted by Crippen LogP contribution is 2.09. The number of rotatable bonds is 3. The van der Waals surface area contributed by atoms with Crippen LogP contribution < -0.4 is 11.4 Å². The Hall–Kier alpha value is -2.47. The van der Waals surface area contributed by atoms with Crippen LogP contribution in [0.2, 0.25) is 0 Å². The van der Waals surface area contributed by atoms with Gasteiger partial charge in [-0.25, -0.2) is 9.48 Å². The highest BCUT2D eigenvalue weighted by molar-refractivity contribution is 7.80. The lowest BCUT2D eigenvalue weighted by Crippen LogP contribution is -2.23. The van der Waals surface area contributed by atoms with E-state index in [0.717, 1.165) is 11.1 Å². The second kappa shape index (κ2) is 4.90. The molecule has 0 saturated carbocycles. The van der Waals surface area contributed by atoms with Crippen molar-refractivity contribution in [3.05, 3.63) is 70.3 Å². The molecule has 3 rings (SSSR count). The summed E-state index contributed by atoms with van der Waals surface area (Å²) in [4.78, 5) is 12.5. The van der Waals surface area contributed by atoms with E-state index in [1.54, 1.807) is 18.3 Å². The SMILES string of the molecule is NC(=S)c1ccccc1Cn1nc2ccccn2c1=O. The molecule has 0 bridgehead atoms. The minimum atomic E-state index is -0.182. The van der Waals surface area contributed by atoms with Gasteiger partial charge in [0, 0.05) is 11.8 Å². The fourth-order valence-corrected chi connectivity index (χ4v) is 2.33. The van der Waals surface area contributed by atoms with E-state index >= 15 is 0 Å². The predicted molar refractivity (Wildman–Crippen MR) is 80.9 cm³/mol. The van der Waals surface area contributed by atoms with Gasteiger partial charge in [0.1, 0.15) is 4.99 Å². The number of nitrogens with zero attached hydrogens (tertiary/aromatic N) is 3. The van der Waals surface area contributed by atoms with Gasteiger partial charge in [0.2, 0.25) is 0 Å². The number of aromatic nitrogens is 3. The van der Waals surface area contributed by atoms with Crippen molar-refractivity contribution in [1.82, 2.24) is 14.2 Å². The van der Waals surface area contributed by atoms with E-state index in [1.807, 2.05) is 30.3 Å². The number of fused-ring (bicyclic) bond motifs is 1. The topological polar surface area (TPSA) is 65.3 Å². The Balaban J connectivity index is 2.08. The first-order valence-electron chi connectivity index (χ1n) is 6.09. The molecule has 0 aliphatic carbocycles. The minimum absolute atomic E-state index is 0.182. The zero-order valence-corrected chi connectivity index (χ0v) is 11.4. The van der Waals surface area contributed by atoms with Crippen LogP contribution in [0, 0.1) is 0 Å². The first-order chi connectivity index (χ1) is 9.66. The van der Waals surface area contributed by atoms with Crippen molar-refractivity contribution in [3.63, 3.8) is 0 Å². The fraction of sp³-hybridized carbons (Fsp3) is 0.0714. The van der Waals surface area contributed by atoms with Crippen molar-refractivity contribution < 1.29 is 0 Å². The third-order valence-corrected chi connectivity index (χ3v) is 3.31. The molecule has 2 heterocycles. The Morgan fingerprint density at radius 2 is 1.95 bits per heavy atom. The van der Waals surface area contributed by atoms with Crippen LogP contribution in [0.3, 0.4) is 0 Å². The average Bonchev–Trinajstić information content (AvgIpc) is 2.76. The van der Waals surface area contributed by atoms with Crippen molar-refractivity contribution in [1.29, 1.82) is 0 Å². The molecule has 0 aliphatic rings. The smallest absolute Gasteiger partial charge is 0.350 e. The summed E-state index contributed by atoms with van der Waals surface area (Å²) in [6, 6.07) is 12.9. The molecule has 2 N–H and O–H groups in total. The summed E-state index contributed by atoms with van der Waals surface area (Å²) in [7, 11) is 0. The number of benzene rings is 1. The van der Waals surface area contributed by atoms with Crippen LogP contribution in [-0.2, 0) is 6.54 Å². The van der Waals surface area contributed by atoms with Crippen LogP contribution in [0.1, 0.15) is 11.1 Å². The largest absolute Gasteiger partial charge is 0.389 e. The van der Waals surface area contributed by atoms with Gasteiger partial charge in [0.15, 0.2) is 5.65 Å². The van der Waals surface area contributed by atoms with Gasteiger partial charge in [-0.1, -0.05) is 42.5 Å². The van der Waals surface area contributed by atoms with Gasteiger partial charge in [0.25, 0.3) is 0 Å². The Bertz CT molecular complexity index is 850. The predicted octanol–water partition coefficient (Wildman–Crippen LogP) is 1.18. The van der Waals surface area contributed by atoms with Gasteiger partial charge >= 0.3 is 5.69 Å². The molecule has 5 nitrogen and oxygen atoms in total. The molecule has 1 aromatic carbocycles. The van der Waals surface area contributed by atoms with Gasteiger partial charge in [0.05, 0.1) is 6.54 Å². The highest BCUT2D eigenvalue weighted by Gasteiger charge is 2.10. The molecule has 6 heteroatoms. The summed E-state index contributed by atoms with van der Waals surface area (Å²) < 4.78 is 2.91. The van der Waals surface area contributed by atoms with Gasteiger partial charge in [-0.15, -0.1) is 5.10 Å². The molecule has 0 unspecified atom stereocenters. The molecule has 100 valence electrons. The summed E-state index contributed by atoms with van der Waals surface area (Å²) in [5.41, 5.74) is 7.78. The third kappa shape index (κ3) is 2.10. The standard InChI is InChI=1S/C14H12N4OS/c15-13(20)11-6-2-1-5-10(11)9-18-14(19)17-8-4-3-7-12(17)16-18/h1-8H,9H2,(H2,15,20). The molecule has 2 aromatic heterocycles. The van der Waals surface area contributed by atoms with Crippen LogP contribution in [0.15, 0.2) is 53.5 Å².